The number of ether oxygens (including phenoxy) is 1. The summed E-state index contributed by atoms with van der Waals surface area (Å²) in [6.07, 6.45) is 3.34. The molecule has 0 bridgehead atoms. The van der Waals surface area contributed by atoms with Crippen LogP contribution in [0.15, 0.2) is 71.4 Å². The lowest BCUT2D eigenvalue weighted by Gasteiger charge is -2.14. The lowest BCUT2D eigenvalue weighted by atomic mass is 10.0. The van der Waals surface area contributed by atoms with E-state index in [0.717, 1.165) is 30.8 Å². The van der Waals surface area contributed by atoms with Gasteiger partial charge in [-0.3, -0.25) is 5.41 Å². The van der Waals surface area contributed by atoms with Gasteiger partial charge in [-0.25, -0.2) is 9.79 Å². The molecule has 0 aliphatic carbocycles. The monoisotopic (exact) mass is 423 g/mol. The average Bonchev–Trinajstić information content (AvgIpc) is 3.27. The van der Waals surface area contributed by atoms with Gasteiger partial charge in [0.15, 0.2) is 0 Å². The first-order chi connectivity index (χ1) is 15.1. The van der Waals surface area contributed by atoms with Gasteiger partial charge in [-0.15, -0.1) is 0 Å². The number of para-hydroxylation sites is 1. The summed E-state index contributed by atoms with van der Waals surface area (Å²) in [5.41, 5.74) is 2.87. The Morgan fingerprint density at radius 3 is 2.65 bits per heavy atom. The molecule has 2 aromatic carbocycles. The zero-order chi connectivity index (χ0) is 22.5. The molecule has 0 spiro atoms. The van der Waals surface area contributed by atoms with Gasteiger partial charge in [0, 0.05) is 37.7 Å². The number of phenolic OH excluding ortho intramolecular Hbond substituents is 1. The average molecular weight is 424 g/mol. The summed E-state index contributed by atoms with van der Waals surface area (Å²) in [6.45, 7) is 2.27. The normalized spacial score (nSPS) is 13.2. The number of amides is 2. The highest BCUT2D eigenvalue weighted by molar-refractivity contribution is 6.15. The maximum atomic E-state index is 12.4. The zero-order valence-corrected chi connectivity index (χ0v) is 17.8. The summed E-state index contributed by atoms with van der Waals surface area (Å²) >= 11 is 0. The molecule has 0 saturated carbocycles. The van der Waals surface area contributed by atoms with Crippen molar-refractivity contribution in [3.05, 3.63) is 71.9 Å². The van der Waals surface area contributed by atoms with Crippen molar-refractivity contribution < 1.29 is 14.6 Å². The molecule has 3 rings (SSSR count). The molecule has 1 aliphatic rings. The number of benzene rings is 2. The molecular weight excluding hydrogens is 394 g/mol. The molecule has 0 atom stereocenters. The molecule has 1 aliphatic heterocycles. The van der Waals surface area contributed by atoms with E-state index in [-0.39, 0.29) is 11.8 Å². The van der Waals surface area contributed by atoms with E-state index in [4.69, 9.17) is 10.1 Å². The van der Waals surface area contributed by atoms with Gasteiger partial charge in [-0.1, -0.05) is 30.3 Å². The van der Waals surface area contributed by atoms with Gasteiger partial charge in [-0.05, 0) is 43.3 Å². The van der Waals surface area contributed by atoms with E-state index in [9.17, 15) is 9.90 Å². The van der Waals surface area contributed by atoms with E-state index >= 15 is 0 Å². The molecule has 2 aromatic rings. The largest absolute Gasteiger partial charge is 0.508 e. The molecule has 0 fully saturated rings. The number of carbonyl (C=O) groups excluding carboxylic acids is 1. The lowest BCUT2D eigenvalue weighted by Crippen LogP contribution is -2.28. The van der Waals surface area contributed by atoms with Crippen LogP contribution < -0.4 is 10.6 Å². The summed E-state index contributed by atoms with van der Waals surface area (Å²) < 4.78 is 4.72. The van der Waals surface area contributed by atoms with Crippen LogP contribution in [-0.4, -0.2) is 61.9 Å². The Hall–Kier alpha value is -3.49. The minimum atomic E-state index is -0.216. The number of nitrogens with one attached hydrogen (secondary N) is 3. The highest BCUT2D eigenvalue weighted by Crippen LogP contribution is 2.23. The van der Waals surface area contributed by atoms with Crippen LogP contribution in [0.5, 0.6) is 5.75 Å². The number of aliphatic imine (C=N–C) groups is 1. The van der Waals surface area contributed by atoms with Gasteiger partial charge >= 0.3 is 6.03 Å². The molecule has 4 N–H and O–H groups in total. The number of urea groups is 1. The molecule has 8 heteroatoms. The molecule has 2 amide bonds. The maximum absolute atomic E-state index is 12.4. The number of anilines is 1. The molecule has 0 saturated heterocycles. The van der Waals surface area contributed by atoms with Crippen LogP contribution in [0.1, 0.15) is 12.0 Å². The number of rotatable bonds is 7. The van der Waals surface area contributed by atoms with Gasteiger partial charge in [0.05, 0.1) is 12.3 Å². The third kappa shape index (κ3) is 7.69. The van der Waals surface area contributed by atoms with Crippen LogP contribution in [0.25, 0.3) is 0 Å². The standard InChI is InChI=1S/C19H18N4O2.C4H11NO/c20-13-21-18(14-5-4-8-17(24)11-14)15-9-10-23(12-15)19(25)22-16-6-2-1-3-7-16;1-5-3-4-6-2/h1-8,11-13,20,24H,9-10H2,(H,22,25);5H,3-4H2,1-2H3. The number of aromatic hydroxyl groups is 1. The highest BCUT2D eigenvalue weighted by Gasteiger charge is 2.22. The summed E-state index contributed by atoms with van der Waals surface area (Å²) in [6, 6.07) is 15.7. The fourth-order valence-corrected chi connectivity index (χ4v) is 2.88. The minimum Gasteiger partial charge on any atom is -0.508 e. The predicted molar refractivity (Wildman–Crippen MR) is 124 cm³/mol. The first-order valence-electron chi connectivity index (χ1n) is 9.92. The van der Waals surface area contributed by atoms with E-state index in [2.05, 4.69) is 15.6 Å². The smallest absolute Gasteiger partial charge is 0.325 e. The number of phenols is 1. The van der Waals surface area contributed by atoms with E-state index in [0.29, 0.717) is 24.2 Å². The Morgan fingerprint density at radius 2 is 2.03 bits per heavy atom. The van der Waals surface area contributed by atoms with Crippen molar-refractivity contribution in [1.82, 2.24) is 10.2 Å². The van der Waals surface area contributed by atoms with Crippen molar-refractivity contribution in [2.24, 2.45) is 4.99 Å². The number of hydrogen-bond donors (Lipinski definition) is 4. The van der Waals surface area contributed by atoms with E-state index < -0.39 is 0 Å². The number of carbonyl (C=O) groups is 1. The van der Waals surface area contributed by atoms with Gasteiger partial charge < -0.3 is 25.4 Å². The van der Waals surface area contributed by atoms with Crippen LogP contribution in [0.3, 0.4) is 0 Å². The molecule has 164 valence electrons. The van der Waals surface area contributed by atoms with Crippen LogP contribution in [0.2, 0.25) is 0 Å². The van der Waals surface area contributed by atoms with Gasteiger partial charge in [0.2, 0.25) is 0 Å². The summed E-state index contributed by atoms with van der Waals surface area (Å²) in [4.78, 5) is 18.1. The van der Waals surface area contributed by atoms with E-state index in [1.807, 2.05) is 43.4 Å². The molecule has 8 nitrogen and oxygen atoms in total. The predicted octanol–water partition coefficient (Wildman–Crippen LogP) is 3.46. The Balaban J connectivity index is 0.000000501. The molecule has 0 unspecified atom stereocenters. The summed E-state index contributed by atoms with van der Waals surface area (Å²) in [5.74, 6) is 0.132. The maximum Gasteiger partial charge on any atom is 0.325 e. The second-order valence-electron chi connectivity index (χ2n) is 6.65. The molecule has 0 radical (unpaired) electrons. The van der Waals surface area contributed by atoms with Crippen LogP contribution >= 0.6 is 0 Å². The number of likely N-dealkylation sites (N-methyl/N-ethyl adjacent to an activating group) is 1. The quantitative estimate of drug-likeness (QED) is 0.310. The van der Waals surface area contributed by atoms with Crippen molar-refractivity contribution in [1.29, 1.82) is 5.41 Å². The molecule has 1 heterocycles. The fraction of sp³-hybridized carbons (Fsp3) is 0.261. The third-order valence-corrected chi connectivity index (χ3v) is 4.39. The topological polar surface area (TPSA) is 110 Å². The Kier molecular flexibility index (Phi) is 9.93. The second kappa shape index (κ2) is 12.9. The second-order valence-corrected chi connectivity index (χ2v) is 6.65. The van der Waals surface area contributed by atoms with Gasteiger partial charge in [-0.2, -0.15) is 0 Å². The van der Waals surface area contributed by atoms with Crippen molar-refractivity contribution in [3.63, 3.8) is 0 Å². The lowest BCUT2D eigenvalue weighted by molar-refractivity contribution is 0.201. The zero-order valence-electron chi connectivity index (χ0n) is 17.8. The Bertz CT molecular complexity index is 908. The molecule has 0 aromatic heterocycles. The first-order valence-corrected chi connectivity index (χ1v) is 9.92. The number of methoxy groups -OCH3 is 1. The number of nitrogens with zero attached hydrogens (tertiary/aromatic N) is 2. The number of hydrogen-bond acceptors (Lipinski definition) is 5. The van der Waals surface area contributed by atoms with Crippen LogP contribution in [-0.2, 0) is 4.74 Å². The van der Waals surface area contributed by atoms with Crippen molar-refractivity contribution in [2.45, 2.75) is 6.42 Å². The third-order valence-electron chi connectivity index (χ3n) is 4.39. The highest BCUT2D eigenvalue weighted by atomic mass is 16.5. The van der Waals surface area contributed by atoms with Gasteiger partial charge in [0.1, 0.15) is 12.1 Å². The van der Waals surface area contributed by atoms with Gasteiger partial charge in [0.25, 0.3) is 0 Å². The molecular formula is C23H29N5O3. The molecule has 31 heavy (non-hydrogen) atoms. The summed E-state index contributed by atoms with van der Waals surface area (Å²) in [7, 11) is 3.59. The first kappa shape index (κ1) is 23.8. The Labute approximate surface area is 182 Å². The SMILES string of the molecule is CNCCOC.N=CN=C(C1=CN(C(=O)Nc2ccccc2)CC1)c1cccc(O)c1. The van der Waals surface area contributed by atoms with E-state index in [1.165, 1.54) is 0 Å². The minimum absolute atomic E-state index is 0.132. The van der Waals surface area contributed by atoms with Crippen molar-refractivity contribution in [2.75, 3.05) is 39.2 Å². The summed E-state index contributed by atoms with van der Waals surface area (Å²) in [5, 5.41) is 22.7. The van der Waals surface area contributed by atoms with E-state index in [1.54, 1.807) is 36.4 Å². The van der Waals surface area contributed by atoms with Crippen LogP contribution in [0, 0.1) is 5.41 Å². The van der Waals surface area contributed by atoms with Crippen molar-refractivity contribution in [3.8, 4) is 5.75 Å². The van der Waals surface area contributed by atoms with Crippen LogP contribution in [0.4, 0.5) is 10.5 Å². The fourth-order valence-electron chi connectivity index (χ4n) is 2.88. The van der Waals surface area contributed by atoms with Crippen molar-refractivity contribution >= 4 is 23.8 Å². The Morgan fingerprint density at radius 1 is 1.26 bits per heavy atom.